The fourth-order valence-corrected chi connectivity index (χ4v) is 40.5. The summed E-state index contributed by atoms with van der Waals surface area (Å²) in [7, 11) is 17.4. The average Bonchev–Trinajstić information content (AvgIpc) is 3.65. The molecule has 4 heteroatoms. The topological polar surface area (TPSA) is 0 Å². The minimum atomic E-state index is -4.90. The first-order valence-corrected chi connectivity index (χ1v) is 33.3. The van der Waals surface area contributed by atoms with E-state index in [1.165, 1.54) is 72.3 Å². The number of fused-ring (bicyclic) bond motifs is 2. The van der Waals surface area contributed by atoms with Crippen molar-refractivity contribution in [3.8, 4) is 33.4 Å². The van der Waals surface area contributed by atoms with Crippen molar-refractivity contribution in [1.82, 2.24) is 0 Å². The SMILES string of the molecule is CC1=Cc2c(-c3ccccc3)cc(-c3ccccc3)cc2[CH]1[Zr]([Cl])([Cl])([CH]1C(C(C)C)=Cc2c(-c3ccc(C)cc3)cccc21)[SiH](C)C. The Morgan fingerprint density at radius 3 is 1.79 bits per heavy atom. The van der Waals surface area contributed by atoms with E-state index in [1.54, 1.807) is 0 Å². The Morgan fingerprint density at radius 1 is 0.574 bits per heavy atom. The first kappa shape index (κ1) is 32.8. The van der Waals surface area contributed by atoms with Crippen LogP contribution in [0.2, 0.25) is 13.1 Å². The molecule has 0 bridgehead atoms. The van der Waals surface area contributed by atoms with Gasteiger partial charge in [-0.05, 0) is 0 Å². The third-order valence-electron chi connectivity index (χ3n) is 10.9. The number of rotatable bonds is 7. The molecule has 0 saturated carbocycles. The molecule has 0 nitrogen and oxygen atoms in total. The van der Waals surface area contributed by atoms with Crippen molar-refractivity contribution in [2.45, 2.75) is 48.0 Å². The van der Waals surface area contributed by atoms with E-state index in [0.29, 0.717) is 5.92 Å². The van der Waals surface area contributed by atoms with Gasteiger partial charge in [-0.25, -0.2) is 0 Å². The number of halogens is 2. The summed E-state index contributed by atoms with van der Waals surface area (Å²) in [6.45, 7) is 14.0. The quantitative estimate of drug-likeness (QED) is 0.145. The van der Waals surface area contributed by atoms with Crippen molar-refractivity contribution in [3.63, 3.8) is 0 Å². The summed E-state index contributed by atoms with van der Waals surface area (Å²) in [5.74, 6) is -1.34. The van der Waals surface area contributed by atoms with Crippen LogP contribution in [-0.2, 0) is 15.6 Å². The van der Waals surface area contributed by atoms with E-state index in [1.807, 2.05) is 0 Å². The zero-order valence-corrected chi connectivity index (χ0v) is 33.3. The third-order valence-corrected chi connectivity index (χ3v) is 62.8. The Balaban J connectivity index is 1.49. The molecule has 2 aliphatic rings. The first-order valence-electron chi connectivity index (χ1n) is 16.9. The van der Waals surface area contributed by atoms with Gasteiger partial charge in [0, 0.05) is 0 Å². The third kappa shape index (κ3) is 5.36. The zero-order chi connectivity index (χ0) is 33.1. The van der Waals surface area contributed by atoms with E-state index in [0.717, 1.165) is 0 Å². The second kappa shape index (κ2) is 12.3. The van der Waals surface area contributed by atoms with Gasteiger partial charge < -0.3 is 0 Å². The number of hydrogen-bond donors (Lipinski definition) is 0. The Labute approximate surface area is 290 Å². The summed E-state index contributed by atoms with van der Waals surface area (Å²) in [5, 5.41) is 0. The van der Waals surface area contributed by atoms with Crippen molar-refractivity contribution >= 4 is 35.1 Å². The molecule has 0 aliphatic heterocycles. The van der Waals surface area contributed by atoms with Gasteiger partial charge in [-0.15, -0.1) is 0 Å². The molecule has 0 amide bonds. The van der Waals surface area contributed by atoms with E-state index in [9.17, 15) is 0 Å². The monoisotopic (exact) mass is 747 g/mol. The predicted molar refractivity (Wildman–Crippen MR) is 206 cm³/mol. The van der Waals surface area contributed by atoms with Crippen LogP contribution in [-0.4, -0.2) is 5.92 Å². The van der Waals surface area contributed by atoms with E-state index in [-0.39, 0.29) is 7.25 Å². The van der Waals surface area contributed by atoms with Crippen LogP contribution < -0.4 is 0 Å². The van der Waals surface area contributed by atoms with Gasteiger partial charge in [-0.1, -0.05) is 0 Å². The molecule has 0 saturated heterocycles. The molecule has 0 spiro atoms. The Kier molecular flexibility index (Phi) is 8.58. The predicted octanol–water partition coefficient (Wildman–Crippen LogP) is 13.2. The fraction of sp³-hybridized carbons (Fsp3) is 0.209. The van der Waals surface area contributed by atoms with Crippen molar-refractivity contribution in [3.05, 3.63) is 154 Å². The molecule has 0 radical (unpaired) electrons. The Hall–Kier alpha value is -2.74. The normalized spacial score (nSPS) is 18.0. The van der Waals surface area contributed by atoms with Gasteiger partial charge in [0.2, 0.25) is 0 Å². The summed E-state index contributed by atoms with van der Waals surface area (Å²) in [5.41, 5.74) is 16.7. The standard InChI is InChI=1S/C22H17.C19H19.C2H7Si.2ClH.Zr/c1-16-12-20-14-19(17-8-4-2-5-9-17)15-22(21(20)13-16)18-10-6-3-7-11-18;1-13(2)17-11-16-5-4-6-18(19(16)12-17)15-9-7-14(3)8-10-15;1-3-2;;;/h2-15H,1H3;4-13H,1-3H3;3H,1-2H3;2*1H;/q;;;;;+2/p-2. The molecule has 5 aromatic rings. The number of aryl methyl sites for hydroxylation is 1. The molecule has 0 aromatic heterocycles. The van der Waals surface area contributed by atoms with Gasteiger partial charge in [-0.2, -0.15) is 0 Å². The fourth-order valence-electron chi connectivity index (χ4n) is 8.38. The van der Waals surface area contributed by atoms with Gasteiger partial charge in [0.25, 0.3) is 0 Å². The molecule has 237 valence electrons. The summed E-state index contributed by atoms with van der Waals surface area (Å²) < 4.78 is 0.0976. The second-order valence-electron chi connectivity index (χ2n) is 14.4. The zero-order valence-electron chi connectivity index (χ0n) is 28.2. The van der Waals surface area contributed by atoms with Crippen LogP contribution in [0, 0.1) is 12.8 Å². The molecule has 0 heterocycles. The van der Waals surface area contributed by atoms with Crippen LogP contribution in [0.1, 0.15) is 55.8 Å². The molecular weight excluding hydrogens is 707 g/mol. The van der Waals surface area contributed by atoms with Gasteiger partial charge in [0.15, 0.2) is 0 Å². The van der Waals surface area contributed by atoms with E-state index < -0.39 is 21.5 Å². The summed E-state index contributed by atoms with van der Waals surface area (Å²) in [4.78, 5) is 0. The summed E-state index contributed by atoms with van der Waals surface area (Å²) >= 11 is -4.90. The average molecular weight is 750 g/mol. The maximum atomic E-state index is 8.70. The van der Waals surface area contributed by atoms with Gasteiger partial charge in [-0.3, -0.25) is 0 Å². The van der Waals surface area contributed by atoms with E-state index >= 15 is 0 Å². The molecular formula is C43H43Cl2SiZr. The van der Waals surface area contributed by atoms with Gasteiger partial charge in [0.05, 0.1) is 0 Å². The first-order chi connectivity index (χ1) is 22.5. The van der Waals surface area contributed by atoms with E-state index in [4.69, 9.17) is 17.0 Å². The molecule has 47 heavy (non-hydrogen) atoms. The molecule has 7 rings (SSSR count). The van der Waals surface area contributed by atoms with Crippen LogP contribution in [0.25, 0.3) is 45.5 Å². The Bertz CT molecular complexity index is 2040. The molecule has 0 N–H and O–H groups in total. The van der Waals surface area contributed by atoms with Crippen molar-refractivity contribution in [2.75, 3.05) is 0 Å². The Morgan fingerprint density at radius 2 is 1.17 bits per heavy atom. The number of hydrogen-bond acceptors (Lipinski definition) is 0. The minimum absolute atomic E-state index is 0.0358. The molecule has 0 fully saturated rings. The van der Waals surface area contributed by atoms with Crippen LogP contribution in [0.3, 0.4) is 0 Å². The second-order valence-corrected chi connectivity index (χ2v) is 56.9. The molecule has 5 aromatic carbocycles. The van der Waals surface area contributed by atoms with Crippen molar-refractivity contribution in [2.24, 2.45) is 5.92 Å². The molecule has 2 atom stereocenters. The van der Waals surface area contributed by atoms with Crippen LogP contribution >= 0.6 is 17.0 Å². The molecule has 2 aliphatic carbocycles. The van der Waals surface area contributed by atoms with Crippen LogP contribution in [0.5, 0.6) is 0 Å². The van der Waals surface area contributed by atoms with Crippen LogP contribution in [0.15, 0.2) is 126 Å². The maximum absolute atomic E-state index is 8.70. The van der Waals surface area contributed by atoms with Crippen LogP contribution in [0.4, 0.5) is 0 Å². The number of benzene rings is 5. The van der Waals surface area contributed by atoms with Crippen molar-refractivity contribution < 1.29 is 15.6 Å². The van der Waals surface area contributed by atoms with E-state index in [2.05, 4.69) is 168 Å². The molecule has 2 unspecified atom stereocenters. The summed E-state index contributed by atoms with van der Waals surface area (Å²) in [6.07, 6.45) is 4.89. The van der Waals surface area contributed by atoms with Crippen molar-refractivity contribution in [1.29, 1.82) is 0 Å². The number of allylic oxidation sites excluding steroid dienone is 2. The van der Waals surface area contributed by atoms with Gasteiger partial charge >= 0.3 is 292 Å². The summed E-state index contributed by atoms with van der Waals surface area (Å²) in [6, 6.07) is 42.1. The van der Waals surface area contributed by atoms with Gasteiger partial charge in [0.1, 0.15) is 0 Å².